The number of esters is 1. The normalized spacial score (nSPS) is 13.9. The molecule has 0 spiro atoms. The number of carbonyl (C=O) groups is 4. The maximum Gasteiger partial charge on any atom is 0.438 e. The van der Waals surface area contributed by atoms with Crippen LogP contribution in [0.3, 0.4) is 0 Å². The number of ether oxygens (including phenoxy) is 3. The predicted molar refractivity (Wildman–Crippen MR) is 161 cm³/mol. The minimum absolute atomic E-state index is 0.0666. The van der Waals surface area contributed by atoms with Gasteiger partial charge in [-0.1, -0.05) is 41.5 Å². The fraction of sp³-hybridized carbons (Fsp3) is 0.469. The van der Waals surface area contributed by atoms with Gasteiger partial charge in [0.2, 0.25) is 6.79 Å². The average Bonchev–Trinajstić information content (AvgIpc) is 3.24. The minimum Gasteiger partial charge on any atom is -0.507 e. The number of rotatable bonds is 8. The third kappa shape index (κ3) is 7.35. The van der Waals surface area contributed by atoms with E-state index in [-0.39, 0.29) is 59.5 Å². The standard InChI is InChI=1S/C32H40FN3O8/c1-10-42-27-20(29(40)34-9)13-19-21(25(27)33)14-36(28(19)35-30(41)44-16-43-17(2)37)15-24(38)18-11-22(31(3,4)5)26(39)23(12-18)32(6,7)8/h11-13,39H,10,14-16H2,1-9H3,(H,34,40). The van der Waals surface area contributed by atoms with E-state index >= 15 is 4.39 Å². The topological polar surface area (TPSA) is 144 Å². The van der Waals surface area contributed by atoms with E-state index < -0.39 is 41.4 Å². The number of hydrogen-bond acceptors (Lipinski definition) is 8. The fourth-order valence-electron chi connectivity index (χ4n) is 4.80. The van der Waals surface area contributed by atoms with E-state index in [1.54, 1.807) is 19.1 Å². The van der Waals surface area contributed by atoms with Crippen LogP contribution < -0.4 is 10.1 Å². The number of aromatic hydroxyl groups is 1. The molecule has 3 rings (SSSR count). The van der Waals surface area contributed by atoms with Crippen LogP contribution in [0.15, 0.2) is 23.2 Å². The second-order valence-corrected chi connectivity index (χ2v) is 12.4. The van der Waals surface area contributed by atoms with Gasteiger partial charge in [0.25, 0.3) is 5.91 Å². The SMILES string of the molecule is CCOc1c(C(=O)NC)cc2c(c1F)CN(CC(=O)c1cc(C(C)(C)C)c(O)c(C(C)(C)C)c1)C2=NC(=O)OCOC(C)=O. The van der Waals surface area contributed by atoms with Gasteiger partial charge in [0.05, 0.1) is 18.7 Å². The van der Waals surface area contributed by atoms with Crippen molar-refractivity contribution in [1.82, 2.24) is 10.2 Å². The van der Waals surface area contributed by atoms with Crippen LogP contribution in [0.5, 0.6) is 11.5 Å². The summed E-state index contributed by atoms with van der Waals surface area (Å²) in [6.07, 6.45) is -1.16. The van der Waals surface area contributed by atoms with Crippen molar-refractivity contribution in [3.8, 4) is 11.5 Å². The Hall–Kier alpha value is -4.48. The lowest BCUT2D eigenvalue weighted by Crippen LogP contribution is -2.32. The van der Waals surface area contributed by atoms with Crippen molar-refractivity contribution in [3.05, 3.63) is 57.4 Å². The van der Waals surface area contributed by atoms with Gasteiger partial charge in [0.1, 0.15) is 11.6 Å². The number of nitrogens with zero attached hydrogens (tertiary/aromatic N) is 2. The number of Topliss-reactive ketones (excluding diaryl/α,β-unsaturated/α-hetero) is 1. The maximum absolute atomic E-state index is 15.9. The molecule has 0 saturated carbocycles. The lowest BCUT2D eigenvalue weighted by atomic mass is 9.78. The molecular formula is C32H40FN3O8. The Morgan fingerprint density at radius 2 is 1.61 bits per heavy atom. The number of hydrogen-bond donors (Lipinski definition) is 2. The number of nitrogens with one attached hydrogen (secondary N) is 1. The zero-order chi connectivity index (χ0) is 33.1. The molecule has 2 amide bonds. The van der Waals surface area contributed by atoms with Crippen LogP contribution in [-0.4, -0.2) is 66.6 Å². The van der Waals surface area contributed by atoms with Crippen LogP contribution in [-0.2, 0) is 31.6 Å². The Balaban J connectivity index is 2.14. The first-order valence-corrected chi connectivity index (χ1v) is 14.2. The number of phenolic OH excluding ortho intramolecular Hbond substituents is 1. The molecule has 12 heteroatoms. The van der Waals surface area contributed by atoms with E-state index in [9.17, 15) is 24.3 Å². The van der Waals surface area contributed by atoms with E-state index in [1.807, 2.05) is 41.5 Å². The first kappa shape index (κ1) is 34.0. The van der Waals surface area contributed by atoms with Gasteiger partial charge in [0.15, 0.2) is 17.3 Å². The van der Waals surface area contributed by atoms with Crippen LogP contribution in [0, 0.1) is 5.82 Å². The summed E-state index contributed by atoms with van der Waals surface area (Å²) in [5, 5.41) is 13.5. The first-order chi connectivity index (χ1) is 20.4. The zero-order valence-corrected chi connectivity index (χ0v) is 26.6. The van der Waals surface area contributed by atoms with E-state index in [4.69, 9.17) is 9.47 Å². The molecule has 1 heterocycles. The highest BCUT2D eigenvalue weighted by atomic mass is 19.1. The molecule has 2 aromatic carbocycles. The second-order valence-electron chi connectivity index (χ2n) is 12.4. The molecule has 0 fully saturated rings. The Bertz CT molecular complexity index is 1480. The molecule has 2 N–H and O–H groups in total. The van der Waals surface area contributed by atoms with Gasteiger partial charge in [-0.2, -0.15) is 4.99 Å². The van der Waals surface area contributed by atoms with Crippen LogP contribution in [0.4, 0.5) is 9.18 Å². The third-order valence-corrected chi connectivity index (χ3v) is 7.00. The maximum atomic E-state index is 15.9. The van der Waals surface area contributed by atoms with Gasteiger partial charge in [-0.15, -0.1) is 0 Å². The van der Waals surface area contributed by atoms with Crippen LogP contribution in [0.2, 0.25) is 0 Å². The molecule has 11 nitrogen and oxygen atoms in total. The molecule has 0 atom stereocenters. The van der Waals surface area contributed by atoms with Crippen molar-refractivity contribution in [1.29, 1.82) is 0 Å². The van der Waals surface area contributed by atoms with Crippen LogP contribution >= 0.6 is 0 Å². The number of fused-ring (bicyclic) bond motifs is 1. The molecular weight excluding hydrogens is 573 g/mol. The van der Waals surface area contributed by atoms with Gasteiger partial charge in [-0.3, -0.25) is 14.4 Å². The summed E-state index contributed by atoms with van der Waals surface area (Å²) in [6, 6.07) is 4.62. The molecule has 0 unspecified atom stereocenters. The van der Waals surface area contributed by atoms with Gasteiger partial charge < -0.3 is 29.5 Å². The van der Waals surface area contributed by atoms with Crippen molar-refractivity contribution in [2.24, 2.45) is 4.99 Å². The monoisotopic (exact) mass is 613 g/mol. The zero-order valence-electron chi connectivity index (χ0n) is 26.6. The number of amidine groups is 1. The molecule has 44 heavy (non-hydrogen) atoms. The highest BCUT2D eigenvalue weighted by Gasteiger charge is 2.36. The summed E-state index contributed by atoms with van der Waals surface area (Å²) in [5.74, 6) is -2.78. The van der Waals surface area contributed by atoms with Gasteiger partial charge >= 0.3 is 12.1 Å². The molecule has 0 radical (unpaired) electrons. The third-order valence-electron chi connectivity index (χ3n) is 7.00. The molecule has 0 aliphatic carbocycles. The molecule has 2 aromatic rings. The van der Waals surface area contributed by atoms with E-state index in [0.29, 0.717) is 16.7 Å². The van der Waals surface area contributed by atoms with Crippen molar-refractivity contribution in [3.63, 3.8) is 0 Å². The summed E-state index contributed by atoms with van der Waals surface area (Å²) in [4.78, 5) is 55.6. The molecule has 0 saturated heterocycles. The number of aliphatic imine (C=N–C) groups is 1. The molecule has 1 aliphatic rings. The largest absolute Gasteiger partial charge is 0.507 e. The van der Waals surface area contributed by atoms with Crippen molar-refractivity contribution < 1.29 is 42.9 Å². The highest BCUT2D eigenvalue weighted by Crippen LogP contribution is 2.40. The molecule has 1 aliphatic heterocycles. The van der Waals surface area contributed by atoms with E-state index in [1.165, 1.54) is 18.0 Å². The first-order valence-electron chi connectivity index (χ1n) is 14.2. The number of carbonyl (C=O) groups excluding carboxylic acids is 4. The number of amides is 2. The number of ketones is 1. The van der Waals surface area contributed by atoms with Crippen molar-refractivity contribution in [2.75, 3.05) is 27.0 Å². The second kappa shape index (κ2) is 13.0. The van der Waals surface area contributed by atoms with E-state index in [2.05, 4.69) is 15.0 Å². The van der Waals surface area contributed by atoms with Crippen molar-refractivity contribution in [2.45, 2.75) is 72.8 Å². The minimum atomic E-state index is -1.16. The van der Waals surface area contributed by atoms with Gasteiger partial charge in [0, 0.05) is 48.3 Å². The summed E-state index contributed by atoms with van der Waals surface area (Å²) >= 11 is 0. The Morgan fingerprint density at radius 3 is 2.11 bits per heavy atom. The summed E-state index contributed by atoms with van der Waals surface area (Å²) < 4.78 is 30.9. The summed E-state index contributed by atoms with van der Waals surface area (Å²) in [6.45, 7) is 13.2. The predicted octanol–water partition coefficient (Wildman–Crippen LogP) is 4.99. The highest BCUT2D eigenvalue weighted by molar-refractivity contribution is 6.11. The number of halogens is 1. The average molecular weight is 614 g/mol. The van der Waals surface area contributed by atoms with Crippen LogP contribution in [0.25, 0.3) is 0 Å². The lowest BCUT2D eigenvalue weighted by Gasteiger charge is -2.28. The van der Waals surface area contributed by atoms with Crippen molar-refractivity contribution >= 4 is 29.6 Å². The van der Waals surface area contributed by atoms with E-state index in [0.717, 1.165) is 6.92 Å². The molecule has 238 valence electrons. The summed E-state index contributed by atoms with van der Waals surface area (Å²) in [7, 11) is 1.38. The smallest absolute Gasteiger partial charge is 0.438 e. The Morgan fingerprint density at radius 1 is 1.02 bits per heavy atom. The lowest BCUT2D eigenvalue weighted by molar-refractivity contribution is -0.148. The Labute approximate surface area is 256 Å². The van der Waals surface area contributed by atoms with Gasteiger partial charge in [-0.05, 0) is 36.0 Å². The Kier molecular flexibility index (Phi) is 10.1. The van der Waals surface area contributed by atoms with Crippen LogP contribution in [0.1, 0.15) is 98.4 Å². The quantitative estimate of drug-likeness (QED) is 0.239. The van der Waals surface area contributed by atoms with Gasteiger partial charge in [-0.25, -0.2) is 9.18 Å². The fourth-order valence-corrected chi connectivity index (χ4v) is 4.80. The summed E-state index contributed by atoms with van der Waals surface area (Å²) in [5.41, 5.74) is 0.548. The number of benzene rings is 2. The molecule has 0 bridgehead atoms. The molecule has 0 aromatic heterocycles. The number of phenols is 1.